The zero-order valence-corrected chi connectivity index (χ0v) is 44.7. The van der Waals surface area contributed by atoms with E-state index in [-0.39, 0.29) is 31.7 Å². The molecule has 4 heteroatoms. The summed E-state index contributed by atoms with van der Waals surface area (Å²) < 4.78 is 0. The van der Waals surface area contributed by atoms with Crippen LogP contribution in [-0.2, 0) is 0 Å². The van der Waals surface area contributed by atoms with Gasteiger partial charge in [-0.15, -0.1) is 0 Å². The normalized spacial score (nSPS) is 19.6. The van der Waals surface area contributed by atoms with Gasteiger partial charge in [-0.2, -0.15) is 0 Å². The lowest BCUT2D eigenvalue weighted by molar-refractivity contribution is 0.417. The van der Waals surface area contributed by atoms with Gasteiger partial charge in [-0.1, -0.05) is 247 Å². The molecule has 58 heavy (non-hydrogen) atoms. The molecular weight excluding hydrogens is 772 g/mol. The molecule has 0 N–H and O–H groups in total. The van der Waals surface area contributed by atoms with Crippen LogP contribution in [0, 0.1) is 0 Å². The second kappa shape index (κ2) is 33.2. The Labute approximate surface area is 373 Å². The van der Waals surface area contributed by atoms with Crippen LogP contribution in [0.1, 0.15) is 292 Å². The Kier molecular flexibility index (Phi) is 31.0. The Balaban J connectivity index is 2.38. The molecule has 0 aromatic rings. The lowest BCUT2D eigenvalue weighted by Crippen LogP contribution is -2.49. The van der Waals surface area contributed by atoms with E-state index in [1.807, 2.05) is 0 Å². The van der Waals surface area contributed by atoms with E-state index >= 15 is 0 Å². The van der Waals surface area contributed by atoms with Gasteiger partial charge in [-0.3, -0.25) is 0 Å². The number of hydrogen-bond donors (Lipinski definition) is 0. The molecule has 0 bridgehead atoms. The van der Waals surface area contributed by atoms with Gasteiger partial charge < -0.3 is 0 Å². The van der Waals surface area contributed by atoms with Crippen molar-refractivity contribution < 1.29 is 0 Å². The van der Waals surface area contributed by atoms with Crippen LogP contribution in [0.15, 0.2) is 0 Å². The molecule has 0 unspecified atom stereocenters. The van der Waals surface area contributed by atoms with Gasteiger partial charge in [0.25, 0.3) is 0 Å². The van der Waals surface area contributed by atoms with Crippen molar-refractivity contribution in [2.24, 2.45) is 0 Å². The van der Waals surface area contributed by atoms with Crippen molar-refractivity contribution in [3.05, 3.63) is 0 Å². The first-order valence-electron chi connectivity index (χ1n) is 27.6. The van der Waals surface area contributed by atoms with Crippen LogP contribution in [0.4, 0.5) is 0 Å². The highest BCUT2D eigenvalue weighted by Crippen LogP contribution is 2.93. The molecule has 0 saturated heterocycles. The topological polar surface area (TPSA) is 0 Å². The zero-order valence-electron chi connectivity index (χ0n) is 41.1. The summed E-state index contributed by atoms with van der Waals surface area (Å²) in [5, 5.41) is 0. The second-order valence-electron chi connectivity index (χ2n) is 20.3. The molecule has 0 spiro atoms. The van der Waals surface area contributed by atoms with Crippen molar-refractivity contribution in [1.82, 2.24) is 0 Å². The Morgan fingerprint density at radius 2 is 0.431 bits per heavy atom. The molecule has 0 nitrogen and oxygen atoms in total. The Morgan fingerprint density at radius 3 is 0.603 bits per heavy atom. The fourth-order valence-electron chi connectivity index (χ4n) is 12.5. The maximum atomic E-state index is 2.46. The average molecular weight is 881 g/mol. The molecule has 0 radical (unpaired) electrons. The summed E-state index contributed by atoms with van der Waals surface area (Å²) in [5.41, 5.74) is 0. The molecular formula is C54H108P4. The van der Waals surface area contributed by atoms with E-state index in [0.717, 1.165) is 14.7 Å². The summed E-state index contributed by atoms with van der Waals surface area (Å²) in [7, 11) is 0.183. The van der Waals surface area contributed by atoms with Gasteiger partial charge >= 0.3 is 0 Å². The molecule has 3 aliphatic carbocycles. The van der Waals surface area contributed by atoms with E-state index < -0.39 is 0 Å². The van der Waals surface area contributed by atoms with Crippen molar-refractivity contribution in [2.45, 2.75) is 307 Å². The number of unbranched alkanes of at least 4 members (excludes halogenated alkanes) is 18. The van der Waals surface area contributed by atoms with Crippen LogP contribution in [0.3, 0.4) is 0 Å². The molecule has 0 heterocycles. The van der Waals surface area contributed by atoms with Crippen LogP contribution < -0.4 is 0 Å². The summed E-state index contributed by atoms with van der Waals surface area (Å²) in [6.45, 7) is 14.8. The maximum Gasteiger partial charge on any atom is 0.0123 e. The maximum absolute atomic E-state index is 2.46. The highest BCUT2D eigenvalue weighted by Gasteiger charge is 2.64. The minimum Gasteiger partial charge on any atom is -0.0958 e. The molecule has 0 aromatic heterocycles. The van der Waals surface area contributed by atoms with Gasteiger partial charge in [0.05, 0.1) is 0 Å². The molecule has 0 atom stereocenters. The molecule has 3 fully saturated rings. The smallest absolute Gasteiger partial charge is 0.0123 e. The molecule has 0 amide bonds. The fourth-order valence-corrected chi connectivity index (χ4v) is 36.1. The lowest BCUT2D eigenvalue weighted by Gasteiger charge is -2.68. The van der Waals surface area contributed by atoms with E-state index in [4.69, 9.17) is 0 Å². The summed E-state index contributed by atoms with van der Waals surface area (Å²) >= 11 is 0. The van der Waals surface area contributed by atoms with E-state index in [1.54, 1.807) is 172 Å². The Hall–Kier alpha value is 1.72. The van der Waals surface area contributed by atoms with Crippen molar-refractivity contribution in [1.29, 1.82) is 0 Å². The van der Waals surface area contributed by atoms with Crippen LogP contribution in [0.5, 0.6) is 0 Å². The van der Waals surface area contributed by atoms with E-state index in [1.165, 1.54) is 116 Å². The average Bonchev–Trinajstić information content (AvgIpc) is 3.25. The van der Waals surface area contributed by atoms with E-state index in [0.29, 0.717) is 0 Å². The standard InChI is InChI=1S/C54H108P4/c1-7-13-19-34-46-55(47-35-20-14-8-2)52(40-28-25-29-41-52)58(53(42-30-26-31-43-53)56(48-36-21-15-9-3)49-37-22-16-10-4)54(44-32-27-33-45-54)57(50-38-23-17-11-5)51-39-24-18-12-6/h7-51H2,1-6H3. The summed E-state index contributed by atoms with van der Waals surface area (Å²) in [6.07, 6.45) is 70.4. The molecule has 0 aliphatic heterocycles. The number of hydrogen-bond acceptors (Lipinski definition) is 0. The molecule has 3 rings (SSSR count). The first-order valence-corrected chi connectivity index (χ1v) is 34.1. The predicted molar refractivity (Wildman–Crippen MR) is 279 cm³/mol. The van der Waals surface area contributed by atoms with Gasteiger partial charge in [0.15, 0.2) is 0 Å². The van der Waals surface area contributed by atoms with Crippen LogP contribution in [0.2, 0.25) is 0 Å². The number of rotatable bonds is 36. The second-order valence-corrected chi connectivity index (χ2v) is 33.1. The Morgan fingerprint density at radius 1 is 0.241 bits per heavy atom. The van der Waals surface area contributed by atoms with Gasteiger partial charge in [-0.05, 0) is 114 Å². The molecule has 3 aliphatic rings. The molecule has 0 aromatic carbocycles. The van der Waals surface area contributed by atoms with Gasteiger partial charge in [0.2, 0.25) is 0 Å². The van der Waals surface area contributed by atoms with Crippen molar-refractivity contribution >= 4 is 31.7 Å². The monoisotopic (exact) mass is 881 g/mol. The Bertz CT molecular complexity index is 776. The highest BCUT2D eigenvalue weighted by atomic mass is 31.2. The lowest BCUT2D eigenvalue weighted by atomic mass is 9.98. The van der Waals surface area contributed by atoms with E-state index in [9.17, 15) is 0 Å². The largest absolute Gasteiger partial charge is 0.0958 e. The van der Waals surface area contributed by atoms with Crippen molar-refractivity contribution in [3.8, 4) is 0 Å². The predicted octanol–water partition coefficient (Wildman–Crippen LogP) is 21.4. The molecule has 344 valence electrons. The van der Waals surface area contributed by atoms with E-state index in [2.05, 4.69) is 41.5 Å². The van der Waals surface area contributed by atoms with Crippen molar-refractivity contribution in [2.75, 3.05) is 37.0 Å². The summed E-state index contributed by atoms with van der Waals surface area (Å²) in [4.78, 5) is 2.24. The van der Waals surface area contributed by atoms with Crippen LogP contribution in [0.25, 0.3) is 0 Å². The third-order valence-electron chi connectivity index (χ3n) is 15.7. The third-order valence-corrected chi connectivity index (χ3v) is 33.9. The minimum absolute atomic E-state index is 0.0463. The first-order chi connectivity index (χ1) is 28.5. The van der Waals surface area contributed by atoms with Gasteiger partial charge in [0.1, 0.15) is 0 Å². The highest BCUT2D eigenvalue weighted by molar-refractivity contribution is 7.91. The van der Waals surface area contributed by atoms with Crippen LogP contribution in [-0.4, -0.2) is 51.7 Å². The summed E-state index contributed by atoms with van der Waals surface area (Å²) in [6, 6.07) is 0. The third kappa shape index (κ3) is 17.3. The molecule has 3 saturated carbocycles. The van der Waals surface area contributed by atoms with Crippen molar-refractivity contribution in [3.63, 3.8) is 0 Å². The zero-order chi connectivity index (χ0) is 41.6. The summed E-state index contributed by atoms with van der Waals surface area (Å²) in [5.74, 6) is 0. The first kappa shape index (κ1) is 54.1. The SMILES string of the molecule is CCCCCCP(CCCCCC)C1(P(C2(P(CCCCCC)CCCCCC)CCCCC2)C2(P(CCCCCC)CCCCCC)CCCCC2)CCCCC1. The van der Waals surface area contributed by atoms with Gasteiger partial charge in [-0.25, -0.2) is 0 Å². The fraction of sp³-hybridized carbons (Fsp3) is 1.00. The quantitative estimate of drug-likeness (QED) is 0.0434. The minimum atomic E-state index is -0.0463. The van der Waals surface area contributed by atoms with Crippen LogP contribution >= 0.6 is 31.7 Å². The van der Waals surface area contributed by atoms with Gasteiger partial charge in [0, 0.05) is 14.7 Å².